The van der Waals surface area contributed by atoms with Crippen molar-refractivity contribution in [2.45, 2.75) is 58.3 Å². The van der Waals surface area contributed by atoms with E-state index in [9.17, 15) is 0 Å². The Hall–Kier alpha value is -1.67. The van der Waals surface area contributed by atoms with E-state index in [1.54, 1.807) is 7.11 Å². The number of methoxy groups -OCH3 is 1. The van der Waals surface area contributed by atoms with Crippen LogP contribution >= 0.6 is 0 Å². The summed E-state index contributed by atoms with van der Waals surface area (Å²) in [5.74, 6) is 2.66. The number of aryl methyl sites for hydroxylation is 1. The van der Waals surface area contributed by atoms with Crippen molar-refractivity contribution >= 4 is 5.96 Å². The van der Waals surface area contributed by atoms with Crippen LogP contribution in [-0.4, -0.2) is 71.5 Å². The number of nitrogens with zero attached hydrogens (tertiary/aromatic N) is 5. The third-order valence-electron chi connectivity index (χ3n) is 4.70. The summed E-state index contributed by atoms with van der Waals surface area (Å²) in [6, 6.07) is 0.296. The predicted molar refractivity (Wildman–Crippen MR) is 99.7 cm³/mol. The Morgan fingerprint density at radius 2 is 2.20 bits per heavy atom. The Morgan fingerprint density at radius 1 is 1.44 bits per heavy atom. The highest BCUT2D eigenvalue weighted by Crippen LogP contribution is 2.14. The van der Waals surface area contributed by atoms with Crippen molar-refractivity contribution in [3.63, 3.8) is 0 Å². The molecule has 142 valence electrons. The van der Waals surface area contributed by atoms with Gasteiger partial charge in [-0.15, -0.1) is 0 Å². The third kappa shape index (κ3) is 5.40. The minimum atomic E-state index is 0.0169. The molecular formula is C17H33N7O. The van der Waals surface area contributed by atoms with Gasteiger partial charge in [-0.2, -0.15) is 5.10 Å². The second kappa shape index (κ2) is 8.62. The fourth-order valence-electron chi connectivity index (χ4n) is 2.60. The van der Waals surface area contributed by atoms with E-state index in [1.807, 2.05) is 4.68 Å². The van der Waals surface area contributed by atoms with E-state index >= 15 is 0 Å². The van der Waals surface area contributed by atoms with E-state index in [0.717, 1.165) is 50.1 Å². The van der Waals surface area contributed by atoms with Crippen LogP contribution in [0, 0.1) is 0 Å². The third-order valence-corrected chi connectivity index (χ3v) is 4.70. The van der Waals surface area contributed by atoms with Gasteiger partial charge in [0, 0.05) is 31.7 Å². The van der Waals surface area contributed by atoms with Crippen molar-refractivity contribution in [1.29, 1.82) is 0 Å². The fraction of sp³-hybridized carbons (Fsp3) is 0.824. The summed E-state index contributed by atoms with van der Waals surface area (Å²) in [7, 11) is 5.83. The van der Waals surface area contributed by atoms with Crippen LogP contribution in [0.3, 0.4) is 0 Å². The molecule has 2 heterocycles. The molecule has 1 aromatic rings. The average Bonchev–Trinajstić information content (AvgIpc) is 2.95. The number of ether oxygens (including phenoxy) is 1. The summed E-state index contributed by atoms with van der Waals surface area (Å²) >= 11 is 0. The molecule has 0 aromatic carbocycles. The molecule has 1 unspecified atom stereocenters. The van der Waals surface area contributed by atoms with E-state index < -0.39 is 0 Å². The maximum absolute atomic E-state index is 5.12. The molecule has 0 aliphatic carbocycles. The zero-order valence-electron chi connectivity index (χ0n) is 16.5. The molecule has 25 heavy (non-hydrogen) atoms. The number of hydrogen-bond donors (Lipinski definition) is 2. The van der Waals surface area contributed by atoms with Crippen LogP contribution in [0.15, 0.2) is 4.99 Å². The summed E-state index contributed by atoms with van der Waals surface area (Å²) < 4.78 is 7.11. The lowest BCUT2D eigenvalue weighted by molar-refractivity contribution is 0.177. The number of guanidine groups is 1. The summed E-state index contributed by atoms with van der Waals surface area (Å²) in [5.41, 5.74) is 0.0169. The molecule has 1 aliphatic heterocycles. The summed E-state index contributed by atoms with van der Waals surface area (Å²) in [6.45, 7) is 9.30. The Bertz CT molecular complexity index is 580. The lowest BCUT2D eigenvalue weighted by Gasteiger charge is -2.31. The van der Waals surface area contributed by atoms with Crippen LogP contribution < -0.4 is 10.6 Å². The Kier molecular flexibility index (Phi) is 6.78. The molecule has 1 aliphatic rings. The summed E-state index contributed by atoms with van der Waals surface area (Å²) in [6.07, 6.45) is 1.93. The van der Waals surface area contributed by atoms with Crippen molar-refractivity contribution in [3.8, 4) is 0 Å². The molecule has 1 aromatic heterocycles. The standard InChI is InChI=1S/C17H33N7O/c1-7-18-16(19-12-17(2,3)23(4)5)20-13-8-9-15-21-14(11-25-6)22-24(15)10-13/h13H,7-12H2,1-6H3,(H2,18,19,20). The molecule has 0 radical (unpaired) electrons. The highest BCUT2D eigenvalue weighted by Gasteiger charge is 2.23. The van der Waals surface area contributed by atoms with Crippen molar-refractivity contribution in [3.05, 3.63) is 11.6 Å². The van der Waals surface area contributed by atoms with E-state index in [2.05, 4.69) is 60.5 Å². The average molecular weight is 351 g/mol. The zero-order chi connectivity index (χ0) is 18.4. The second-order valence-corrected chi connectivity index (χ2v) is 7.34. The number of aliphatic imine (C=N–C) groups is 1. The van der Waals surface area contributed by atoms with Crippen molar-refractivity contribution in [1.82, 2.24) is 30.3 Å². The lowest BCUT2D eigenvalue weighted by Crippen LogP contribution is -2.48. The highest BCUT2D eigenvalue weighted by atomic mass is 16.5. The van der Waals surface area contributed by atoms with E-state index in [0.29, 0.717) is 12.6 Å². The van der Waals surface area contributed by atoms with Crippen molar-refractivity contribution < 1.29 is 4.74 Å². The van der Waals surface area contributed by atoms with E-state index in [-0.39, 0.29) is 5.54 Å². The molecule has 0 amide bonds. The summed E-state index contributed by atoms with van der Waals surface area (Å²) in [4.78, 5) is 11.5. The smallest absolute Gasteiger partial charge is 0.191 e. The van der Waals surface area contributed by atoms with Gasteiger partial charge in [0.15, 0.2) is 11.8 Å². The Morgan fingerprint density at radius 3 is 2.84 bits per heavy atom. The SMILES string of the molecule is CCNC(=NCC(C)(C)N(C)C)NC1CCc2nc(COC)nn2C1. The monoisotopic (exact) mass is 351 g/mol. The minimum absolute atomic E-state index is 0.0169. The molecule has 0 saturated heterocycles. The van der Waals surface area contributed by atoms with Crippen molar-refractivity contribution in [2.75, 3.05) is 34.3 Å². The first kappa shape index (κ1) is 19.7. The zero-order valence-corrected chi connectivity index (χ0v) is 16.5. The number of nitrogens with one attached hydrogen (secondary N) is 2. The largest absolute Gasteiger partial charge is 0.377 e. The number of rotatable bonds is 7. The van der Waals surface area contributed by atoms with E-state index in [4.69, 9.17) is 9.73 Å². The number of hydrogen-bond acceptors (Lipinski definition) is 5. The maximum atomic E-state index is 5.12. The number of aromatic nitrogens is 3. The molecule has 2 rings (SSSR count). The highest BCUT2D eigenvalue weighted by molar-refractivity contribution is 5.80. The second-order valence-electron chi connectivity index (χ2n) is 7.34. The van der Waals surface area contributed by atoms with Crippen LogP contribution in [-0.2, 0) is 24.3 Å². The Balaban J connectivity index is 2.00. The van der Waals surface area contributed by atoms with Gasteiger partial charge < -0.3 is 20.3 Å². The normalized spacial score (nSPS) is 18.4. The van der Waals surface area contributed by atoms with Gasteiger partial charge >= 0.3 is 0 Å². The first-order chi connectivity index (χ1) is 11.9. The number of likely N-dealkylation sites (N-methyl/N-ethyl adjacent to an activating group) is 1. The molecule has 8 nitrogen and oxygen atoms in total. The number of fused-ring (bicyclic) bond motifs is 1. The van der Waals surface area contributed by atoms with Crippen LogP contribution in [0.2, 0.25) is 0 Å². The molecule has 0 saturated carbocycles. The van der Waals surface area contributed by atoms with Crippen LogP contribution in [0.25, 0.3) is 0 Å². The van der Waals surface area contributed by atoms with Gasteiger partial charge in [0.05, 0.1) is 13.1 Å². The lowest BCUT2D eigenvalue weighted by atomic mass is 10.1. The topological polar surface area (TPSA) is 79.6 Å². The molecule has 8 heteroatoms. The first-order valence-electron chi connectivity index (χ1n) is 8.99. The quantitative estimate of drug-likeness (QED) is 0.554. The molecule has 0 fully saturated rings. The van der Waals surface area contributed by atoms with Crippen molar-refractivity contribution in [2.24, 2.45) is 4.99 Å². The van der Waals surface area contributed by atoms with Gasteiger partial charge in [0.25, 0.3) is 0 Å². The first-order valence-corrected chi connectivity index (χ1v) is 8.99. The van der Waals surface area contributed by atoms with Gasteiger partial charge in [-0.25, -0.2) is 9.67 Å². The summed E-state index contributed by atoms with van der Waals surface area (Å²) in [5, 5.41) is 11.4. The maximum Gasteiger partial charge on any atom is 0.191 e. The molecular weight excluding hydrogens is 318 g/mol. The molecule has 2 N–H and O–H groups in total. The van der Waals surface area contributed by atoms with Gasteiger partial charge in [-0.1, -0.05) is 0 Å². The Labute approximate surface area is 151 Å². The van der Waals surface area contributed by atoms with Crippen LogP contribution in [0.1, 0.15) is 38.8 Å². The van der Waals surface area contributed by atoms with Gasteiger partial charge in [0.1, 0.15) is 12.4 Å². The molecule has 0 spiro atoms. The van der Waals surface area contributed by atoms with E-state index in [1.165, 1.54) is 0 Å². The van der Waals surface area contributed by atoms with Crippen LogP contribution in [0.5, 0.6) is 0 Å². The van der Waals surface area contributed by atoms with Crippen LogP contribution in [0.4, 0.5) is 0 Å². The van der Waals surface area contributed by atoms with Gasteiger partial charge in [-0.3, -0.25) is 4.99 Å². The predicted octanol–water partition coefficient (Wildman–Crippen LogP) is 0.635. The van der Waals surface area contributed by atoms with Gasteiger partial charge in [-0.05, 0) is 41.3 Å². The molecule has 0 bridgehead atoms. The minimum Gasteiger partial charge on any atom is -0.377 e. The van der Waals surface area contributed by atoms with Gasteiger partial charge in [0.2, 0.25) is 0 Å². The molecule has 1 atom stereocenters. The fourth-order valence-corrected chi connectivity index (χ4v) is 2.60.